The Morgan fingerprint density at radius 1 is 1.25 bits per heavy atom. The molecule has 1 aromatic rings. The molecule has 0 aliphatic heterocycles. The fourth-order valence-electron chi connectivity index (χ4n) is 0.785. The van der Waals surface area contributed by atoms with Gasteiger partial charge in [0.1, 0.15) is 5.82 Å². The average molecular weight is 186 g/mol. The van der Waals surface area contributed by atoms with E-state index in [1.54, 1.807) is 12.1 Å². The second-order valence-corrected chi connectivity index (χ2v) is 3.11. The van der Waals surface area contributed by atoms with Crippen LogP contribution in [0.15, 0.2) is 24.3 Å². The first-order chi connectivity index (χ1) is 5.68. The predicted molar refractivity (Wildman–Crippen MR) is 45.1 cm³/mol. The Labute approximate surface area is 71.2 Å². The van der Waals surface area contributed by atoms with Gasteiger partial charge in [-0.3, -0.25) is 0 Å². The molecule has 0 aliphatic carbocycles. The predicted octanol–water partition coefficient (Wildman–Crippen LogP) is 1.05. The summed E-state index contributed by atoms with van der Waals surface area (Å²) in [6.07, 6.45) is 0.316. The fourth-order valence-corrected chi connectivity index (χ4v) is 1.11. The molecule has 0 radical (unpaired) electrons. The smallest absolute Gasteiger partial charge is 0.207 e. The van der Waals surface area contributed by atoms with E-state index >= 15 is 0 Å². The molecule has 0 saturated carbocycles. The molecule has 0 heterocycles. The highest BCUT2D eigenvalue weighted by Gasteiger charge is 1.90. The summed E-state index contributed by atoms with van der Waals surface area (Å²) in [6, 6.07) is 5.71. The van der Waals surface area contributed by atoms with Gasteiger partial charge in [-0.25, -0.2) is 4.39 Å². The lowest BCUT2D eigenvalue weighted by molar-refractivity contribution is 0.627. The minimum Gasteiger partial charge on any atom is -0.207 e. The Balaban J connectivity index is 2.78. The van der Waals surface area contributed by atoms with Crippen LogP contribution in [0.4, 0.5) is 4.39 Å². The third kappa shape index (κ3) is 2.84. The summed E-state index contributed by atoms with van der Waals surface area (Å²) >= 11 is 0. The quantitative estimate of drug-likeness (QED) is 0.647. The Morgan fingerprint density at radius 2 is 1.83 bits per heavy atom. The molecule has 1 aromatic carbocycles. The van der Waals surface area contributed by atoms with Gasteiger partial charge in [-0.2, -0.15) is 8.42 Å². The van der Waals surface area contributed by atoms with Crippen molar-refractivity contribution in [1.29, 1.82) is 0 Å². The van der Waals surface area contributed by atoms with Gasteiger partial charge in [0.15, 0.2) is 0 Å². The average Bonchev–Trinajstić information content (AvgIpc) is 2.03. The van der Waals surface area contributed by atoms with Crippen molar-refractivity contribution in [2.45, 2.75) is 6.42 Å². The van der Waals surface area contributed by atoms with E-state index in [0.29, 0.717) is 6.42 Å². The number of rotatable bonds is 2. The maximum absolute atomic E-state index is 12.4. The van der Waals surface area contributed by atoms with Crippen molar-refractivity contribution in [1.82, 2.24) is 0 Å². The molecule has 0 unspecified atom stereocenters. The largest absolute Gasteiger partial charge is 0.210 e. The van der Waals surface area contributed by atoms with Crippen LogP contribution in [0.3, 0.4) is 0 Å². The number of hydrogen-bond acceptors (Lipinski definition) is 2. The molecule has 1 rings (SSSR count). The lowest BCUT2D eigenvalue weighted by Crippen LogP contribution is -1.86. The van der Waals surface area contributed by atoms with Crippen molar-refractivity contribution >= 4 is 15.7 Å². The Bertz CT molecular complexity index is 370. The molecule has 0 saturated heterocycles. The highest BCUT2D eigenvalue weighted by Crippen LogP contribution is 2.01. The van der Waals surface area contributed by atoms with Crippen LogP contribution in [-0.2, 0) is 16.7 Å². The van der Waals surface area contributed by atoms with E-state index in [1.165, 1.54) is 12.1 Å². The summed E-state index contributed by atoms with van der Waals surface area (Å²) in [6.45, 7) is 0. The molecule has 0 bridgehead atoms. The molecular formula is C8H7FO2S. The van der Waals surface area contributed by atoms with Gasteiger partial charge in [-0.05, 0) is 17.7 Å². The highest BCUT2D eigenvalue weighted by atomic mass is 32.2. The molecular weight excluding hydrogens is 179 g/mol. The van der Waals surface area contributed by atoms with Crippen LogP contribution in [0.1, 0.15) is 5.56 Å². The van der Waals surface area contributed by atoms with Crippen LogP contribution in [0, 0.1) is 5.82 Å². The molecule has 0 N–H and O–H groups in total. The number of hydrogen-bond donors (Lipinski definition) is 0. The third-order valence-corrected chi connectivity index (χ3v) is 1.81. The van der Waals surface area contributed by atoms with Gasteiger partial charge in [-0.1, -0.05) is 12.1 Å². The van der Waals surface area contributed by atoms with Crippen LogP contribution in [0.5, 0.6) is 0 Å². The molecule has 4 heteroatoms. The first-order valence-electron chi connectivity index (χ1n) is 3.34. The summed E-state index contributed by atoms with van der Waals surface area (Å²) < 4.78 is 32.6. The zero-order valence-corrected chi connectivity index (χ0v) is 7.01. The van der Waals surface area contributed by atoms with Crippen LogP contribution in [-0.4, -0.2) is 13.8 Å². The van der Waals surface area contributed by atoms with Gasteiger partial charge in [-0.15, -0.1) is 0 Å². The molecule has 0 fully saturated rings. The van der Waals surface area contributed by atoms with Crippen molar-refractivity contribution in [3.05, 3.63) is 35.6 Å². The third-order valence-electron chi connectivity index (χ3n) is 1.37. The van der Waals surface area contributed by atoms with Gasteiger partial charge in [0, 0.05) is 11.8 Å². The van der Waals surface area contributed by atoms with Crippen LogP contribution >= 0.6 is 0 Å². The van der Waals surface area contributed by atoms with Crippen molar-refractivity contribution in [3.63, 3.8) is 0 Å². The summed E-state index contributed by atoms with van der Waals surface area (Å²) in [5.74, 6) is -0.318. The van der Waals surface area contributed by atoms with Gasteiger partial charge in [0.2, 0.25) is 10.3 Å². The van der Waals surface area contributed by atoms with Crippen molar-refractivity contribution in [3.8, 4) is 0 Å². The molecule has 0 aromatic heterocycles. The van der Waals surface area contributed by atoms with Gasteiger partial charge in [0.25, 0.3) is 0 Å². The summed E-state index contributed by atoms with van der Waals surface area (Å²) in [7, 11) is -2.14. The molecule has 0 amide bonds. The van der Waals surface area contributed by atoms with E-state index in [1.807, 2.05) is 0 Å². The maximum atomic E-state index is 12.4. The topological polar surface area (TPSA) is 34.1 Å². The number of benzene rings is 1. The first-order valence-corrected chi connectivity index (χ1v) is 4.48. The van der Waals surface area contributed by atoms with E-state index in [2.05, 4.69) is 0 Å². The van der Waals surface area contributed by atoms with E-state index in [9.17, 15) is 12.8 Å². The van der Waals surface area contributed by atoms with E-state index in [-0.39, 0.29) is 5.82 Å². The lowest BCUT2D eigenvalue weighted by Gasteiger charge is -1.92. The molecule has 12 heavy (non-hydrogen) atoms. The second-order valence-electron chi connectivity index (χ2n) is 2.26. The summed E-state index contributed by atoms with van der Waals surface area (Å²) in [5, 5.41) is 1.13. The molecule has 0 aliphatic rings. The number of halogens is 1. The van der Waals surface area contributed by atoms with E-state index < -0.39 is 10.3 Å². The van der Waals surface area contributed by atoms with Crippen molar-refractivity contribution < 1.29 is 12.8 Å². The van der Waals surface area contributed by atoms with Crippen LogP contribution in [0.25, 0.3) is 0 Å². The van der Waals surface area contributed by atoms with Gasteiger partial charge < -0.3 is 0 Å². The highest BCUT2D eigenvalue weighted by molar-refractivity contribution is 7.71. The van der Waals surface area contributed by atoms with Crippen molar-refractivity contribution in [2.24, 2.45) is 0 Å². The Hall–Kier alpha value is -1.16. The Morgan fingerprint density at radius 3 is 2.33 bits per heavy atom. The monoisotopic (exact) mass is 186 g/mol. The van der Waals surface area contributed by atoms with E-state index in [0.717, 1.165) is 10.9 Å². The summed E-state index contributed by atoms with van der Waals surface area (Å²) in [4.78, 5) is 0. The zero-order valence-electron chi connectivity index (χ0n) is 6.20. The van der Waals surface area contributed by atoms with Gasteiger partial charge >= 0.3 is 0 Å². The summed E-state index contributed by atoms with van der Waals surface area (Å²) in [5.41, 5.74) is 0.778. The lowest BCUT2D eigenvalue weighted by atomic mass is 10.2. The van der Waals surface area contributed by atoms with Crippen molar-refractivity contribution in [2.75, 3.05) is 0 Å². The first kappa shape index (κ1) is 8.93. The molecule has 0 atom stereocenters. The van der Waals surface area contributed by atoms with Gasteiger partial charge in [0.05, 0.1) is 0 Å². The zero-order chi connectivity index (χ0) is 8.97. The molecule has 0 spiro atoms. The van der Waals surface area contributed by atoms with E-state index in [4.69, 9.17) is 0 Å². The van der Waals surface area contributed by atoms with Crippen LogP contribution < -0.4 is 0 Å². The molecule has 2 nitrogen and oxygen atoms in total. The second kappa shape index (κ2) is 4.01. The molecule has 64 valence electrons. The minimum atomic E-state index is -2.14. The fraction of sp³-hybridized carbons (Fsp3) is 0.125. The van der Waals surface area contributed by atoms with Crippen LogP contribution in [0.2, 0.25) is 0 Å². The maximum Gasteiger partial charge on any atom is 0.210 e. The Kier molecular flexibility index (Phi) is 2.99. The normalized spacial score (nSPS) is 9.42. The SMILES string of the molecule is O=S(=O)=CCc1ccc(F)cc1. The standard InChI is InChI=1S/C8H7FO2S/c9-8-3-1-7(2-4-8)5-6-12(10)11/h1-4,6H,5H2. The minimum absolute atomic E-state index is 0.316.